The normalized spacial score (nSPS) is 11.6. The molecule has 0 spiro atoms. The van der Waals surface area contributed by atoms with E-state index >= 15 is 0 Å². The lowest BCUT2D eigenvalue weighted by molar-refractivity contribution is 0.425. The first-order valence-electron chi connectivity index (χ1n) is 7.21. The van der Waals surface area contributed by atoms with E-state index in [-0.39, 0.29) is 0 Å². The molecule has 0 aliphatic carbocycles. The van der Waals surface area contributed by atoms with E-state index in [1.54, 1.807) is 18.2 Å². The van der Waals surface area contributed by atoms with Gasteiger partial charge in [-0.3, -0.25) is 0 Å². The molecule has 2 nitrogen and oxygen atoms in total. The van der Waals surface area contributed by atoms with Crippen molar-refractivity contribution in [3.05, 3.63) is 96.6 Å². The number of benzene rings is 2. The minimum absolute atomic E-state index is 0.477. The minimum atomic E-state index is -1.49. The highest BCUT2D eigenvalue weighted by atomic mass is 16.4. The van der Waals surface area contributed by atoms with Crippen molar-refractivity contribution in [3.8, 4) is 0 Å². The van der Waals surface area contributed by atoms with Crippen LogP contribution < -0.4 is 5.46 Å². The van der Waals surface area contributed by atoms with Crippen molar-refractivity contribution in [1.29, 1.82) is 0 Å². The first kappa shape index (κ1) is 16.0. The van der Waals surface area contributed by atoms with E-state index in [9.17, 15) is 10.0 Å². The monoisotopic (exact) mass is 290 g/mol. The predicted molar refractivity (Wildman–Crippen MR) is 93.7 cm³/mol. The molecule has 0 aromatic heterocycles. The zero-order valence-corrected chi connectivity index (χ0v) is 12.4. The Labute approximate surface area is 131 Å². The third-order valence-corrected chi connectivity index (χ3v) is 3.38. The minimum Gasteiger partial charge on any atom is -0.423 e. The maximum absolute atomic E-state index is 9.45. The molecule has 110 valence electrons. The summed E-state index contributed by atoms with van der Waals surface area (Å²) in [5.74, 6) is 0. The van der Waals surface area contributed by atoms with Crippen LogP contribution in [0.2, 0.25) is 0 Å². The number of hydrogen-bond acceptors (Lipinski definition) is 2. The zero-order chi connectivity index (χ0) is 15.8. The second kappa shape index (κ2) is 8.18. The van der Waals surface area contributed by atoms with Crippen LogP contribution in [0.5, 0.6) is 0 Å². The molecule has 22 heavy (non-hydrogen) atoms. The van der Waals surface area contributed by atoms with Gasteiger partial charge >= 0.3 is 7.12 Å². The van der Waals surface area contributed by atoms with Crippen LogP contribution >= 0.6 is 0 Å². The number of rotatable bonds is 6. The van der Waals surface area contributed by atoms with Crippen LogP contribution in [0.15, 0.2) is 85.5 Å². The van der Waals surface area contributed by atoms with Gasteiger partial charge in [-0.25, -0.2) is 0 Å². The molecular weight excluding hydrogens is 271 g/mol. The van der Waals surface area contributed by atoms with E-state index in [0.717, 1.165) is 17.6 Å². The maximum atomic E-state index is 9.45. The highest BCUT2D eigenvalue weighted by molar-refractivity contribution is 6.59. The van der Waals surface area contributed by atoms with Gasteiger partial charge in [0.2, 0.25) is 0 Å². The van der Waals surface area contributed by atoms with Crippen molar-refractivity contribution in [2.75, 3.05) is 0 Å². The summed E-state index contributed by atoms with van der Waals surface area (Å²) in [6.07, 6.45) is 8.53. The van der Waals surface area contributed by atoms with Crippen LogP contribution in [0.4, 0.5) is 0 Å². The van der Waals surface area contributed by atoms with Gasteiger partial charge in [-0.05, 0) is 28.6 Å². The highest BCUT2D eigenvalue weighted by Gasteiger charge is 2.15. The van der Waals surface area contributed by atoms with Crippen LogP contribution in [-0.4, -0.2) is 17.2 Å². The lowest BCUT2D eigenvalue weighted by Gasteiger charge is -2.08. The smallest absolute Gasteiger partial charge is 0.423 e. The molecule has 0 fully saturated rings. The molecule has 2 aromatic rings. The lowest BCUT2D eigenvalue weighted by atomic mass is 9.75. The molecule has 0 saturated carbocycles. The van der Waals surface area contributed by atoms with Crippen LogP contribution in [0.3, 0.4) is 0 Å². The molecule has 0 radical (unpaired) electrons. The standard InChI is InChI=1S/C19H19BO2/c1-2-17(18-14-8-9-15-19(18)20(21)22)13-7-6-12-16-10-4-3-5-11-16/h2-11,13-15,21-22H,1,12H2/b7-6-,17-13+. The molecule has 0 amide bonds. The Morgan fingerprint density at radius 1 is 1.00 bits per heavy atom. The first-order valence-corrected chi connectivity index (χ1v) is 7.21. The second-order valence-electron chi connectivity index (χ2n) is 4.90. The van der Waals surface area contributed by atoms with Gasteiger partial charge < -0.3 is 10.0 Å². The fourth-order valence-electron chi connectivity index (χ4n) is 2.24. The predicted octanol–water partition coefficient (Wildman–Crippen LogP) is 2.73. The van der Waals surface area contributed by atoms with Crippen LogP contribution in [0.25, 0.3) is 5.57 Å². The van der Waals surface area contributed by atoms with E-state index in [2.05, 4.69) is 24.8 Å². The fraction of sp³-hybridized carbons (Fsp3) is 0.0526. The van der Waals surface area contributed by atoms with Gasteiger partial charge in [0.05, 0.1) is 0 Å². The van der Waals surface area contributed by atoms with Crippen molar-refractivity contribution in [3.63, 3.8) is 0 Å². The van der Waals surface area contributed by atoms with Crippen molar-refractivity contribution in [2.24, 2.45) is 0 Å². The third-order valence-electron chi connectivity index (χ3n) is 3.38. The van der Waals surface area contributed by atoms with Crippen molar-refractivity contribution >= 4 is 18.2 Å². The Kier molecular flexibility index (Phi) is 5.96. The molecule has 3 heteroatoms. The molecule has 0 saturated heterocycles. The summed E-state index contributed by atoms with van der Waals surface area (Å²) >= 11 is 0. The van der Waals surface area contributed by atoms with Crippen LogP contribution in [-0.2, 0) is 6.42 Å². The molecule has 0 heterocycles. The van der Waals surface area contributed by atoms with E-state index in [0.29, 0.717) is 5.46 Å². The maximum Gasteiger partial charge on any atom is 0.489 e. The Balaban J connectivity index is 2.16. The molecule has 0 atom stereocenters. The van der Waals surface area contributed by atoms with Crippen molar-refractivity contribution in [1.82, 2.24) is 0 Å². The largest absolute Gasteiger partial charge is 0.489 e. The van der Waals surface area contributed by atoms with E-state index in [1.165, 1.54) is 5.56 Å². The molecule has 2 aromatic carbocycles. The summed E-state index contributed by atoms with van der Waals surface area (Å²) in [7, 11) is -1.49. The summed E-state index contributed by atoms with van der Waals surface area (Å²) in [6, 6.07) is 17.4. The van der Waals surface area contributed by atoms with Gasteiger partial charge in [0.25, 0.3) is 0 Å². The third kappa shape index (κ3) is 4.32. The summed E-state index contributed by atoms with van der Waals surface area (Å²) in [6.45, 7) is 3.81. The molecule has 2 rings (SSSR count). The zero-order valence-electron chi connectivity index (χ0n) is 12.4. The number of allylic oxidation sites excluding steroid dienone is 5. The second-order valence-corrected chi connectivity index (χ2v) is 4.90. The van der Waals surface area contributed by atoms with Gasteiger partial charge in [0.15, 0.2) is 0 Å². The SMILES string of the molecule is C=C/C(=C\C=C/Cc1ccccc1)c1ccccc1B(O)O. The Morgan fingerprint density at radius 3 is 2.36 bits per heavy atom. The van der Waals surface area contributed by atoms with Crippen LogP contribution in [0.1, 0.15) is 11.1 Å². The molecule has 0 aliphatic heterocycles. The summed E-state index contributed by atoms with van der Waals surface area (Å²) < 4.78 is 0. The molecule has 0 unspecified atom stereocenters. The quantitative estimate of drug-likeness (QED) is 0.634. The van der Waals surface area contributed by atoms with E-state index < -0.39 is 7.12 Å². The van der Waals surface area contributed by atoms with Gasteiger partial charge in [0.1, 0.15) is 0 Å². The Morgan fingerprint density at radius 2 is 1.68 bits per heavy atom. The van der Waals surface area contributed by atoms with Gasteiger partial charge in [-0.2, -0.15) is 0 Å². The summed E-state index contributed by atoms with van der Waals surface area (Å²) in [5, 5.41) is 18.9. The van der Waals surface area contributed by atoms with E-state index in [1.807, 2.05) is 42.5 Å². The van der Waals surface area contributed by atoms with Gasteiger partial charge in [-0.1, -0.05) is 85.5 Å². The molecule has 0 aliphatic rings. The van der Waals surface area contributed by atoms with Gasteiger partial charge in [0, 0.05) is 0 Å². The van der Waals surface area contributed by atoms with Crippen LogP contribution in [0, 0.1) is 0 Å². The number of hydrogen-bond donors (Lipinski definition) is 2. The fourth-order valence-corrected chi connectivity index (χ4v) is 2.24. The molecule has 2 N–H and O–H groups in total. The van der Waals surface area contributed by atoms with Crippen molar-refractivity contribution in [2.45, 2.75) is 6.42 Å². The first-order chi connectivity index (χ1) is 10.7. The summed E-state index contributed by atoms with van der Waals surface area (Å²) in [5.41, 5.74) is 3.36. The summed E-state index contributed by atoms with van der Waals surface area (Å²) in [4.78, 5) is 0. The Bertz CT molecular complexity index is 673. The highest BCUT2D eigenvalue weighted by Crippen LogP contribution is 2.14. The molecular formula is C19H19BO2. The topological polar surface area (TPSA) is 40.5 Å². The average Bonchev–Trinajstić information content (AvgIpc) is 2.56. The molecule has 0 bridgehead atoms. The van der Waals surface area contributed by atoms with E-state index in [4.69, 9.17) is 0 Å². The lowest BCUT2D eigenvalue weighted by Crippen LogP contribution is -2.32. The van der Waals surface area contributed by atoms with Gasteiger partial charge in [-0.15, -0.1) is 0 Å². The average molecular weight is 290 g/mol. The van der Waals surface area contributed by atoms with Crippen molar-refractivity contribution < 1.29 is 10.0 Å². The Hall–Kier alpha value is -2.36.